The zero-order valence-corrected chi connectivity index (χ0v) is 12.8. The first-order chi connectivity index (χ1) is 10.1. The summed E-state index contributed by atoms with van der Waals surface area (Å²) in [5.41, 5.74) is 0.899. The summed E-state index contributed by atoms with van der Waals surface area (Å²) >= 11 is 0. The molecule has 1 aromatic rings. The maximum Gasteiger partial charge on any atom is 0.240 e. The van der Waals surface area contributed by atoms with Crippen LogP contribution >= 0.6 is 0 Å². The predicted molar refractivity (Wildman–Crippen MR) is 80.9 cm³/mol. The van der Waals surface area contributed by atoms with Crippen molar-refractivity contribution in [3.05, 3.63) is 24.3 Å². The van der Waals surface area contributed by atoms with Gasteiger partial charge in [0, 0.05) is 31.9 Å². The molecule has 2 atom stereocenters. The highest BCUT2D eigenvalue weighted by Crippen LogP contribution is 2.23. The first-order valence-corrected chi connectivity index (χ1v) is 8.69. The van der Waals surface area contributed by atoms with E-state index in [4.69, 9.17) is 4.74 Å². The van der Waals surface area contributed by atoms with E-state index in [1.165, 1.54) is 0 Å². The van der Waals surface area contributed by atoms with Gasteiger partial charge in [-0.25, -0.2) is 13.1 Å². The van der Waals surface area contributed by atoms with Gasteiger partial charge in [-0.1, -0.05) is 0 Å². The largest absolute Gasteiger partial charge is 0.378 e. The van der Waals surface area contributed by atoms with Crippen LogP contribution in [0.5, 0.6) is 0 Å². The minimum atomic E-state index is -3.37. The van der Waals surface area contributed by atoms with Gasteiger partial charge >= 0.3 is 0 Å². The molecule has 1 aliphatic carbocycles. The predicted octanol–water partition coefficient (Wildman–Crippen LogP) is 0.526. The smallest absolute Gasteiger partial charge is 0.240 e. The van der Waals surface area contributed by atoms with E-state index >= 15 is 0 Å². The van der Waals surface area contributed by atoms with Gasteiger partial charge in [0.05, 0.1) is 17.0 Å². The molecule has 6 nitrogen and oxygen atoms in total. The van der Waals surface area contributed by atoms with Crippen LogP contribution in [0.25, 0.3) is 0 Å². The molecular formula is C14H21N3O3S. The maximum atomic E-state index is 12.1. The average Bonchev–Trinajstić information content (AvgIpc) is 3.15. The van der Waals surface area contributed by atoms with Crippen LogP contribution in [-0.4, -0.2) is 46.8 Å². The summed E-state index contributed by atoms with van der Waals surface area (Å²) in [7, 11) is -1.67. The number of hydrogen-bond acceptors (Lipinski definition) is 5. The molecule has 2 fully saturated rings. The molecule has 0 bridgehead atoms. The zero-order chi connectivity index (χ0) is 14.9. The van der Waals surface area contributed by atoms with Crippen LogP contribution in [0.1, 0.15) is 12.8 Å². The van der Waals surface area contributed by atoms with Crippen LogP contribution in [-0.2, 0) is 14.8 Å². The molecular weight excluding hydrogens is 290 g/mol. The van der Waals surface area contributed by atoms with Crippen molar-refractivity contribution < 1.29 is 13.2 Å². The van der Waals surface area contributed by atoms with Crippen LogP contribution in [0.4, 0.5) is 5.69 Å². The number of methoxy groups -OCH3 is 1. The summed E-state index contributed by atoms with van der Waals surface area (Å²) < 4.78 is 32.2. The van der Waals surface area contributed by atoms with Crippen molar-refractivity contribution in [1.29, 1.82) is 0 Å². The van der Waals surface area contributed by atoms with Gasteiger partial charge in [0.2, 0.25) is 10.0 Å². The Bertz CT molecular complexity index is 584. The van der Waals surface area contributed by atoms with Crippen LogP contribution in [0, 0.1) is 0 Å². The van der Waals surface area contributed by atoms with E-state index in [0.717, 1.165) is 31.6 Å². The van der Waals surface area contributed by atoms with Crippen molar-refractivity contribution in [3.63, 3.8) is 0 Å². The van der Waals surface area contributed by atoms with Gasteiger partial charge in [-0.15, -0.1) is 0 Å². The molecule has 0 radical (unpaired) electrons. The lowest BCUT2D eigenvalue weighted by atomic mass is 10.2. The van der Waals surface area contributed by atoms with Gasteiger partial charge in [0.25, 0.3) is 0 Å². The van der Waals surface area contributed by atoms with Gasteiger partial charge in [0.15, 0.2) is 0 Å². The summed E-state index contributed by atoms with van der Waals surface area (Å²) in [6.07, 6.45) is 2.00. The molecule has 3 N–H and O–H groups in total. The fourth-order valence-corrected chi connectivity index (χ4v) is 3.78. The lowest BCUT2D eigenvalue weighted by Crippen LogP contribution is -2.33. The maximum absolute atomic E-state index is 12.1. The van der Waals surface area contributed by atoms with Gasteiger partial charge in [0.1, 0.15) is 0 Å². The standard InChI is InChI=1S/C14H21N3O3S/c1-20-14-9-15-8-13(14)16-10-4-6-12(7-5-10)21(18,19)17-11-2-3-11/h4-7,11,13-17H,2-3,8-9H2,1H3/t13?,14-/m0/s1. The van der Waals surface area contributed by atoms with E-state index in [0.29, 0.717) is 4.90 Å². The molecule has 1 heterocycles. The van der Waals surface area contributed by atoms with Crippen molar-refractivity contribution >= 4 is 15.7 Å². The molecule has 1 saturated carbocycles. The lowest BCUT2D eigenvalue weighted by molar-refractivity contribution is 0.111. The SMILES string of the molecule is CO[C@H]1CNCC1Nc1ccc(S(=O)(=O)NC2CC2)cc1. The highest BCUT2D eigenvalue weighted by Gasteiger charge is 2.28. The molecule has 0 spiro atoms. The van der Waals surface area contributed by atoms with Gasteiger partial charge in [-0.2, -0.15) is 0 Å². The Morgan fingerprint density at radius 3 is 2.52 bits per heavy atom. The van der Waals surface area contributed by atoms with Crippen molar-refractivity contribution in [2.75, 3.05) is 25.5 Å². The highest BCUT2D eigenvalue weighted by molar-refractivity contribution is 7.89. The monoisotopic (exact) mass is 311 g/mol. The Balaban J connectivity index is 1.66. The van der Waals surface area contributed by atoms with E-state index in [2.05, 4.69) is 15.4 Å². The van der Waals surface area contributed by atoms with Crippen LogP contribution < -0.4 is 15.4 Å². The van der Waals surface area contributed by atoms with E-state index in [1.54, 1.807) is 31.4 Å². The summed E-state index contributed by atoms with van der Waals surface area (Å²) in [6.45, 7) is 1.66. The normalized spacial score (nSPS) is 26.0. The Labute approximate surface area is 125 Å². The second-order valence-electron chi connectivity index (χ2n) is 5.60. The zero-order valence-electron chi connectivity index (χ0n) is 12.0. The minimum Gasteiger partial charge on any atom is -0.378 e. The third kappa shape index (κ3) is 3.55. The van der Waals surface area contributed by atoms with Gasteiger partial charge < -0.3 is 15.4 Å². The van der Waals surface area contributed by atoms with Gasteiger partial charge in [-0.05, 0) is 37.1 Å². The summed E-state index contributed by atoms with van der Waals surface area (Å²) in [6, 6.07) is 7.19. The molecule has 1 saturated heterocycles. The topological polar surface area (TPSA) is 79.5 Å². The van der Waals surface area contributed by atoms with E-state index in [1.807, 2.05) is 0 Å². The summed E-state index contributed by atoms with van der Waals surface area (Å²) in [4.78, 5) is 0.313. The molecule has 116 valence electrons. The fourth-order valence-electron chi connectivity index (χ4n) is 2.48. The first kappa shape index (κ1) is 14.8. The van der Waals surface area contributed by atoms with Crippen molar-refractivity contribution in [3.8, 4) is 0 Å². The van der Waals surface area contributed by atoms with Gasteiger partial charge in [-0.3, -0.25) is 0 Å². The molecule has 21 heavy (non-hydrogen) atoms. The van der Waals surface area contributed by atoms with E-state index in [-0.39, 0.29) is 18.2 Å². The third-order valence-corrected chi connectivity index (χ3v) is 5.41. The average molecular weight is 311 g/mol. The van der Waals surface area contributed by atoms with Crippen LogP contribution in [0.15, 0.2) is 29.2 Å². The molecule has 0 aromatic heterocycles. The number of anilines is 1. The molecule has 0 amide bonds. The van der Waals surface area contributed by atoms with Crippen molar-refractivity contribution in [2.24, 2.45) is 0 Å². The number of rotatable bonds is 6. The highest BCUT2D eigenvalue weighted by atomic mass is 32.2. The molecule has 1 aromatic carbocycles. The quantitative estimate of drug-likeness (QED) is 0.714. The molecule has 1 unspecified atom stereocenters. The summed E-state index contributed by atoms with van der Waals surface area (Å²) in [5, 5.41) is 6.64. The Morgan fingerprint density at radius 1 is 1.19 bits per heavy atom. The van der Waals surface area contributed by atoms with E-state index < -0.39 is 10.0 Å². The Hall–Kier alpha value is -1.15. The lowest BCUT2D eigenvalue weighted by Gasteiger charge is -2.19. The molecule has 3 rings (SSSR count). The van der Waals surface area contributed by atoms with Crippen LogP contribution in [0.3, 0.4) is 0 Å². The third-order valence-electron chi connectivity index (χ3n) is 3.88. The number of sulfonamides is 1. The number of hydrogen-bond donors (Lipinski definition) is 3. The van der Waals surface area contributed by atoms with Crippen LogP contribution in [0.2, 0.25) is 0 Å². The van der Waals surface area contributed by atoms with E-state index in [9.17, 15) is 8.42 Å². The first-order valence-electron chi connectivity index (χ1n) is 7.21. The second kappa shape index (κ2) is 5.92. The molecule has 2 aliphatic rings. The van der Waals surface area contributed by atoms with Crippen molar-refractivity contribution in [1.82, 2.24) is 10.0 Å². The Morgan fingerprint density at radius 2 is 1.90 bits per heavy atom. The molecule has 1 aliphatic heterocycles. The number of ether oxygens (including phenoxy) is 1. The minimum absolute atomic E-state index is 0.125. The molecule has 7 heteroatoms. The number of nitrogens with one attached hydrogen (secondary N) is 3. The number of benzene rings is 1. The fraction of sp³-hybridized carbons (Fsp3) is 0.571. The summed E-state index contributed by atoms with van der Waals surface area (Å²) in [5.74, 6) is 0. The Kier molecular flexibility index (Phi) is 4.17. The second-order valence-corrected chi connectivity index (χ2v) is 7.32. The van der Waals surface area contributed by atoms with Crippen molar-refractivity contribution in [2.45, 2.75) is 35.9 Å².